The van der Waals surface area contributed by atoms with E-state index in [9.17, 15) is 14.8 Å². The van der Waals surface area contributed by atoms with Crippen molar-refractivity contribution in [2.24, 2.45) is 0 Å². The molecule has 1 aliphatic carbocycles. The molecule has 0 bridgehead atoms. The van der Waals surface area contributed by atoms with E-state index in [1.807, 2.05) is 42.6 Å². The Balaban J connectivity index is 1.11. The highest BCUT2D eigenvalue weighted by atomic mass is 32.2. The first-order chi connectivity index (χ1) is 22.4. The van der Waals surface area contributed by atoms with Gasteiger partial charge in [0.15, 0.2) is 5.69 Å². The Hall–Kier alpha value is -4.06. The van der Waals surface area contributed by atoms with Crippen LogP contribution in [0.15, 0.2) is 77.8 Å². The number of aromatic nitrogens is 4. The number of pyridine rings is 1. The van der Waals surface area contributed by atoms with Crippen LogP contribution < -0.4 is 10.3 Å². The Morgan fingerprint density at radius 3 is 2.50 bits per heavy atom. The van der Waals surface area contributed by atoms with Gasteiger partial charge in [-0.2, -0.15) is 0 Å². The topological polar surface area (TPSA) is 110 Å². The normalized spacial score (nSPS) is 16.0. The second-order valence-corrected chi connectivity index (χ2v) is 13.6. The molecule has 2 aromatic heterocycles. The number of likely N-dealkylation sites (tertiary alicyclic amines) is 1. The lowest BCUT2D eigenvalue weighted by Crippen LogP contribution is -2.42. The fourth-order valence-corrected chi connectivity index (χ4v) is 7.48. The molecule has 0 spiro atoms. The summed E-state index contributed by atoms with van der Waals surface area (Å²) in [7, 11) is 4.13. The highest BCUT2D eigenvalue weighted by Crippen LogP contribution is 2.32. The van der Waals surface area contributed by atoms with Gasteiger partial charge in [0.1, 0.15) is 0 Å². The number of carbonyl (C=O) groups is 2. The van der Waals surface area contributed by atoms with Gasteiger partial charge in [-0.15, -0.1) is 16.4 Å². The number of anilines is 1. The summed E-state index contributed by atoms with van der Waals surface area (Å²) in [5.74, 6) is -0.262. The third-order valence-electron chi connectivity index (χ3n) is 8.77. The van der Waals surface area contributed by atoms with Crippen LogP contribution in [0.3, 0.4) is 0 Å². The summed E-state index contributed by atoms with van der Waals surface area (Å²) in [6.07, 6.45) is 6.52. The van der Waals surface area contributed by atoms with E-state index in [-0.39, 0.29) is 28.1 Å². The zero-order valence-corrected chi connectivity index (χ0v) is 27.3. The van der Waals surface area contributed by atoms with E-state index < -0.39 is 5.78 Å². The maximum Gasteiger partial charge on any atom is 0.221 e. The lowest BCUT2D eigenvalue weighted by Gasteiger charge is -2.31. The van der Waals surface area contributed by atoms with Crippen LogP contribution in [0.25, 0.3) is 0 Å². The van der Waals surface area contributed by atoms with E-state index in [2.05, 4.69) is 57.5 Å². The summed E-state index contributed by atoms with van der Waals surface area (Å²) >= 11 is 1.74. The summed E-state index contributed by atoms with van der Waals surface area (Å²) in [6.45, 7) is 4.00. The van der Waals surface area contributed by atoms with Crippen molar-refractivity contribution in [3.05, 3.63) is 106 Å². The number of carbonyl (C=O) groups excluding carboxylic acids is 2. The molecule has 46 heavy (non-hydrogen) atoms. The predicted octanol–water partition coefficient (Wildman–Crippen LogP) is 4.83. The smallest absolute Gasteiger partial charge is 0.221 e. The average molecular weight is 640 g/mol. The van der Waals surface area contributed by atoms with Crippen LogP contribution in [-0.2, 0) is 6.54 Å². The van der Waals surface area contributed by atoms with Crippen molar-refractivity contribution in [3.8, 4) is 0 Å². The minimum atomic E-state index is -0.395. The van der Waals surface area contributed by atoms with Gasteiger partial charge in [-0.1, -0.05) is 24.3 Å². The molecule has 2 aliphatic rings. The molecule has 0 saturated carbocycles. The molecule has 2 aromatic carbocycles. The molecular weight excluding hydrogens is 598 g/mol. The molecule has 0 radical (unpaired) electrons. The highest BCUT2D eigenvalue weighted by Gasteiger charge is 2.39. The van der Waals surface area contributed by atoms with Crippen molar-refractivity contribution >= 4 is 29.0 Å². The fourth-order valence-electron chi connectivity index (χ4n) is 6.36. The molecule has 1 N–H and O–H groups in total. The summed E-state index contributed by atoms with van der Waals surface area (Å²) in [6, 6.07) is 21.6. The van der Waals surface area contributed by atoms with Crippen molar-refractivity contribution in [2.75, 3.05) is 45.6 Å². The summed E-state index contributed by atoms with van der Waals surface area (Å²) in [4.78, 5) is 38.0. The molecule has 1 unspecified atom stereocenters. The molecule has 240 valence electrons. The van der Waals surface area contributed by atoms with Crippen molar-refractivity contribution in [2.45, 2.75) is 54.8 Å². The maximum absolute atomic E-state index is 13.7. The monoisotopic (exact) mass is 639 g/mol. The van der Waals surface area contributed by atoms with Crippen LogP contribution in [0.1, 0.15) is 75.8 Å². The Bertz CT molecular complexity index is 1650. The quantitative estimate of drug-likeness (QED) is 0.0839. The van der Waals surface area contributed by atoms with Crippen LogP contribution in [-0.4, -0.2) is 81.8 Å². The van der Waals surface area contributed by atoms with Crippen LogP contribution in [0, 0.1) is 5.21 Å². The first-order valence-corrected chi connectivity index (χ1v) is 17.0. The zero-order valence-electron chi connectivity index (χ0n) is 26.5. The van der Waals surface area contributed by atoms with E-state index in [1.165, 1.54) is 4.68 Å². The van der Waals surface area contributed by atoms with E-state index in [0.29, 0.717) is 29.4 Å². The largest absolute Gasteiger partial charge is 0.571 e. The Morgan fingerprint density at radius 2 is 1.76 bits per heavy atom. The lowest BCUT2D eigenvalue weighted by atomic mass is 9.89. The Morgan fingerprint density at radius 1 is 0.978 bits per heavy atom. The minimum Gasteiger partial charge on any atom is -0.571 e. The third kappa shape index (κ3) is 7.32. The second kappa shape index (κ2) is 14.6. The van der Waals surface area contributed by atoms with Gasteiger partial charge in [-0.3, -0.25) is 14.6 Å². The van der Waals surface area contributed by atoms with Gasteiger partial charge in [-0.25, -0.2) is 0 Å². The number of ketones is 2. The average Bonchev–Trinajstić information content (AvgIpc) is 3.40. The highest BCUT2D eigenvalue weighted by molar-refractivity contribution is 8.00. The molecule has 1 fully saturated rings. The maximum atomic E-state index is 13.7. The van der Waals surface area contributed by atoms with Gasteiger partial charge >= 0.3 is 0 Å². The first-order valence-electron chi connectivity index (χ1n) is 16.1. The molecule has 0 amide bonds. The second-order valence-electron chi connectivity index (χ2n) is 12.3. The molecular formula is C35H41N7O3S. The summed E-state index contributed by atoms with van der Waals surface area (Å²) < 4.78 is 1.32. The van der Waals surface area contributed by atoms with Crippen LogP contribution in [0.5, 0.6) is 0 Å². The number of fused-ring (bicyclic) bond motifs is 2. The molecule has 3 heterocycles. The van der Waals surface area contributed by atoms with Crippen LogP contribution in [0.4, 0.5) is 5.69 Å². The molecule has 1 aliphatic heterocycles. The number of hydrogen-bond donors (Lipinski definition) is 1. The van der Waals surface area contributed by atoms with Gasteiger partial charge in [0.25, 0.3) is 0 Å². The number of thioether (sulfide) groups is 1. The van der Waals surface area contributed by atoms with E-state index in [4.69, 9.17) is 0 Å². The number of hydrogen-bond acceptors (Lipinski definition) is 9. The molecule has 1 atom stereocenters. The zero-order chi connectivity index (χ0) is 32.0. The molecule has 11 heteroatoms. The number of nitrogens with zero attached hydrogens (tertiary/aromatic N) is 6. The molecule has 4 aromatic rings. The van der Waals surface area contributed by atoms with Gasteiger partial charge in [0.2, 0.25) is 17.3 Å². The van der Waals surface area contributed by atoms with Crippen molar-refractivity contribution in [1.29, 1.82) is 0 Å². The van der Waals surface area contributed by atoms with Gasteiger partial charge in [-0.05, 0) is 108 Å². The Labute approximate surface area is 274 Å². The van der Waals surface area contributed by atoms with Crippen LogP contribution >= 0.6 is 11.8 Å². The third-order valence-corrected chi connectivity index (χ3v) is 9.95. The predicted molar refractivity (Wildman–Crippen MR) is 179 cm³/mol. The van der Waals surface area contributed by atoms with Gasteiger partial charge in [0, 0.05) is 56.1 Å². The number of benzene rings is 2. The van der Waals surface area contributed by atoms with E-state index in [1.54, 1.807) is 23.9 Å². The Kier molecular flexibility index (Phi) is 10.1. The number of nitrogens with one attached hydrogen (secondary N) is 1. The first kappa shape index (κ1) is 31.9. The van der Waals surface area contributed by atoms with Crippen molar-refractivity contribution in [1.82, 2.24) is 24.6 Å². The van der Waals surface area contributed by atoms with E-state index in [0.717, 1.165) is 68.1 Å². The van der Waals surface area contributed by atoms with Gasteiger partial charge < -0.3 is 20.3 Å². The number of rotatable bonds is 13. The minimum absolute atomic E-state index is 0.0640. The lowest BCUT2D eigenvalue weighted by molar-refractivity contribution is -0.749. The summed E-state index contributed by atoms with van der Waals surface area (Å²) in [5, 5.41) is 20.5. The van der Waals surface area contributed by atoms with Crippen LogP contribution in [0.2, 0.25) is 0 Å². The van der Waals surface area contributed by atoms with E-state index >= 15 is 0 Å². The standard InChI is InChI=1S/C35H41N7O3S/c1-39(2)19-8-13-31(46-27-10-4-3-5-11-27)37-26-14-15-28-29(24-26)34(43)32-33(35(28)44)41(42(45)38-32)21-9-20-40-22-16-25(17-23-40)30-12-6-7-18-36-30/h3-7,10-12,14-15,18,24-25,31,37H,8-9,13,16-17,19-23H2,1-2H3. The molecule has 1 saturated heterocycles. The molecule has 10 nitrogen and oxygen atoms in total. The summed E-state index contributed by atoms with van der Waals surface area (Å²) in [5.41, 5.74) is 2.51. The fraction of sp³-hybridized carbons (Fsp3) is 0.400. The van der Waals surface area contributed by atoms with Crippen molar-refractivity contribution < 1.29 is 14.5 Å². The molecule has 6 rings (SSSR count). The number of piperidine rings is 1. The van der Waals surface area contributed by atoms with Gasteiger partial charge in [0.05, 0.1) is 11.9 Å². The SMILES string of the molecule is CN(C)CCCC(Nc1ccc2c(c1)C(=O)c1n[n+]([O-])n(CCCN3CCC(c4ccccn4)CC3)c1C2=O)Sc1ccccc1. The van der Waals surface area contributed by atoms with Crippen molar-refractivity contribution in [3.63, 3.8) is 0 Å².